The molecule has 0 radical (unpaired) electrons. The van der Waals surface area contributed by atoms with Crippen molar-refractivity contribution < 1.29 is 23.9 Å². The van der Waals surface area contributed by atoms with Gasteiger partial charge >= 0.3 is 0 Å². The first kappa shape index (κ1) is 18.6. The summed E-state index contributed by atoms with van der Waals surface area (Å²) >= 11 is 0. The first-order valence-corrected chi connectivity index (χ1v) is 8.27. The molecule has 0 aliphatic carbocycles. The van der Waals surface area contributed by atoms with Crippen molar-refractivity contribution >= 4 is 24.1 Å². The molecule has 0 aromatic heterocycles. The van der Waals surface area contributed by atoms with E-state index < -0.39 is 23.8 Å². The second kappa shape index (κ2) is 7.92. The summed E-state index contributed by atoms with van der Waals surface area (Å²) in [7, 11) is 0. The molecule has 1 aromatic rings. The van der Waals surface area contributed by atoms with Crippen LogP contribution in [0.3, 0.4) is 0 Å². The van der Waals surface area contributed by atoms with Gasteiger partial charge in [0.25, 0.3) is 5.91 Å². The number of imide groups is 2. The van der Waals surface area contributed by atoms with Crippen LogP contribution < -0.4 is 10.1 Å². The molecule has 0 spiro atoms. The number of rotatable bonds is 6. The van der Waals surface area contributed by atoms with E-state index in [-0.39, 0.29) is 24.5 Å². The Balaban J connectivity index is 2.29. The van der Waals surface area contributed by atoms with Gasteiger partial charge in [0.1, 0.15) is 11.8 Å². The van der Waals surface area contributed by atoms with Crippen LogP contribution in [0.4, 0.5) is 0 Å². The van der Waals surface area contributed by atoms with Gasteiger partial charge in [-0.3, -0.25) is 29.4 Å². The molecular weight excluding hydrogens is 324 g/mol. The molecule has 4 amide bonds. The Morgan fingerprint density at radius 3 is 2.76 bits per heavy atom. The number of carbonyl (C=O) groups excluding carboxylic acids is 4. The minimum atomic E-state index is -0.985. The lowest BCUT2D eigenvalue weighted by atomic mass is 10.0. The van der Waals surface area contributed by atoms with Gasteiger partial charge in [0.15, 0.2) is 0 Å². The number of hydrogen-bond acceptors (Lipinski definition) is 5. The zero-order valence-electron chi connectivity index (χ0n) is 14.6. The monoisotopic (exact) mass is 346 g/mol. The third-order valence-electron chi connectivity index (χ3n) is 4.31. The van der Waals surface area contributed by atoms with Crippen LogP contribution in [0.15, 0.2) is 18.2 Å². The van der Waals surface area contributed by atoms with E-state index in [4.69, 9.17) is 4.74 Å². The van der Waals surface area contributed by atoms with Gasteiger partial charge in [-0.1, -0.05) is 13.0 Å². The van der Waals surface area contributed by atoms with Crippen molar-refractivity contribution in [3.8, 4) is 5.75 Å². The molecule has 0 bridgehead atoms. The number of benzene rings is 1. The third-order valence-corrected chi connectivity index (χ3v) is 4.31. The molecule has 1 N–H and O–H groups in total. The van der Waals surface area contributed by atoms with Crippen molar-refractivity contribution in [1.82, 2.24) is 10.2 Å². The molecule has 1 fully saturated rings. The van der Waals surface area contributed by atoms with Crippen molar-refractivity contribution in [3.63, 3.8) is 0 Å². The van der Waals surface area contributed by atoms with Gasteiger partial charge in [0.05, 0.1) is 6.10 Å². The van der Waals surface area contributed by atoms with E-state index in [0.717, 1.165) is 11.3 Å². The minimum absolute atomic E-state index is 0.0126. The number of piperidine rings is 1. The highest BCUT2D eigenvalue weighted by Crippen LogP contribution is 2.25. The van der Waals surface area contributed by atoms with Crippen LogP contribution in [-0.2, 0) is 14.4 Å². The highest BCUT2D eigenvalue weighted by Gasteiger charge is 2.35. The quantitative estimate of drug-likeness (QED) is 0.623. The Kier molecular flexibility index (Phi) is 5.90. The lowest BCUT2D eigenvalue weighted by Gasteiger charge is -2.29. The molecule has 7 nitrogen and oxygen atoms in total. The molecule has 2 rings (SSSR count). The molecule has 134 valence electrons. The molecular formula is C18H22N2O5. The maximum absolute atomic E-state index is 12.8. The molecule has 1 aromatic carbocycles. The van der Waals surface area contributed by atoms with E-state index in [1.165, 1.54) is 0 Å². The summed E-state index contributed by atoms with van der Waals surface area (Å²) in [6, 6.07) is 4.03. The second-order valence-corrected chi connectivity index (χ2v) is 6.05. The van der Waals surface area contributed by atoms with Crippen LogP contribution in [-0.4, -0.2) is 41.2 Å². The maximum atomic E-state index is 12.8. The fourth-order valence-corrected chi connectivity index (χ4v) is 2.62. The maximum Gasteiger partial charge on any atom is 0.261 e. The summed E-state index contributed by atoms with van der Waals surface area (Å²) in [5, 5.41) is 2.15. The van der Waals surface area contributed by atoms with Crippen LogP contribution in [0.1, 0.15) is 49.0 Å². The van der Waals surface area contributed by atoms with E-state index in [9.17, 15) is 19.2 Å². The number of carbonyl (C=O) groups is 4. The number of ether oxygens (including phenoxy) is 1. The second-order valence-electron chi connectivity index (χ2n) is 6.05. The lowest BCUT2D eigenvalue weighted by molar-refractivity contribution is -0.139. The number of amides is 4. The van der Waals surface area contributed by atoms with Crippen LogP contribution >= 0.6 is 0 Å². The summed E-state index contributed by atoms with van der Waals surface area (Å²) in [5.74, 6) is -1.06. The highest BCUT2D eigenvalue weighted by molar-refractivity contribution is 6.07. The molecule has 1 saturated heterocycles. The van der Waals surface area contributed by atoms with E-state index in [2.05, 4.69) is 5.32 Å². The van der Waals surface area contributed by atoms with Crippen molar-refractivity contribution in [2.75, 3.05) is 0 Å². The predicted molar refractivity (Wildman–Crippen MR) is 90.0 cm³/mol. The molecule has 2 unspecified atom stereocenters. The lowest BCUT2D eigenvalue weighted by Crippen LogP contribution is -2.53. The molecule has 0 saturated carbocycles. The average Bonchev–Trinajstić information content (AvgIpc) is 2.58. The van der Waals surface area contributed by atoms with Gasteiger partial charge in [-0.2, -0.15) is 0 Å². The number of nitrogens with zero attached hydrogens (tertiary/aromatic N) is 1. The Labute approximate surface area is 146 Å². The van der Waals surface area contributed by atoms with E-state index in [0.29, 0.717) is 17.7 Å². The molecule has 1 aliphatic rings. The summed E-state index contributed by atoms with van der Waals surface area (Å²) in [5.41, 5.74) is 0.893. The van der Waals surface area contributed by atoms with Crippen molar-refractivity contribution in [2.45, 2.75) is 52.2 Å². The van der Waals surface area contributed by atoms with Crippen molar-refractivity contribution in [2.24, 2.45) is 0 Å². The molecule has 25 heavy (non-hydrogen) atoms. The molecule has 1 aliphatic heterocycles. The average molecular weight is 346 g/mol. The molecule has 1 heterocycles. The van der Waals surface area contributed by atoms with Gasteiger partial charge in [-0.25, -0.2) is 0 Å². The highest BCUT2D eigenvalue weighted by atomic mass is 16.5. The van der Waals surface area contributed by atoms with Crippen LogP contribution in [0.5, 0.6) is 5.75 Å². The summed E-state index contributed by atoms with van der Waals surface area (Å²) in [4.78, 5) is 48.4. The smallest absolute Gasteiger partial charge is 0.261 e. The fraction of sp³-hybridized carbons (Fsp3) is 0.444. The van der Waals surface area contributed by atoms with Crippen LogP contribution in [0, 0.1) is 6.92 Å². The van der Waals surface area contributed by atoms with Gasteiger partial charge in [0.2, 0.25) is 18.2 Å². The Morgan fingerprint density at radius 2 is 2.16 bits per heavy atom. The normalized spacial score (nSPS) is 18.3. The van der Waals surface area contributed by atoms with Gasteiger partial charge in [-0.05, 0) is 38.8 Å². The standard InChI is InChI=1S/C18H22N2O5/c1-4-11(2)25-15-7-5-6-13(12(15)3)18(24)20(10-21)14-8-9-16(22)19-17(14)23/h5-7,10-11,14H,4,8-9H2,1-3H3,(H,19,22,23). The Hall–Kier alpha value is -2.70. The van der Waals surface area contributed by atoms with Gasteiger partial charge in [-0.15, -0.1) is 0 Å². The van der Waals surface area contributed by atoms with Crippen molar-refractivity contribution in [3.05, 3.63) is 29.3 Å². The molecule has 2 atom stereocenters. The zero-order chi connectivity index (χ0) is 18.6. The van der Waals surface area contributed by atoms with Crippen LogP contribution in [0.2, 0.25) is 0 Å². The first-order chi connectivity index (χ1) is 11.9. The SMILES string of the molecule is CCC(C)Oc1cccc(C(=O)N(C=O)C2CCC(=O)NC2=O)c1C. The summed E-state index contributed by atoms with van der Waals surface area (Å²) < 4.78 is 5.80. The van der Waals surface area contributed by atoms with Gasteiger partial charge < -0.3 is 4.74 Å². The van der Waals surface area contributed by atoms with E-state index in [1.807, 2.05) is 13.8 Å². The largest absolute Gasteiger partial charge is 0.490 e. The first-order valence-electron chi connectivity index (χ1n) is 8.27. The Bertz CT molecular complexity index is 701. The number of hydrogen-bond donors (Lipinski definition) is 1. The van der Waals surface area contributed by atoms with E-state index >= 15 is 0 Å². The third kappa shape index (κ3) is 4.04. The topological polar surface area (TPSA) is 92.8 Å². The minimum Gasteiger partial charge on any atom is -0.490 e. The predicted octanol–water partition coefficient (Wildman–Crippen LogP) is 1.58. The molecule has 7 heteroatoms. The Morgan fingerprint density at radius 1 is 1.44 bits per heavy atom. The van der Waals surface area contributed by atoms with Crippen LogP contribution in [0.25, 0.3) is 0 Å². The zero-order valence-corrected chi connectivity index (χ0v) is 14.6. The number of nitrogens with one attached hydrogen (secondary N) is 1. The summed E-state index contributed by atoms with van der Waals surface area (Å²) in [6.07, 6.45) is 1.35. The van der Waals surface area contributed by atoms with Gasteiger partial charge in [0, 0.05) is 17.5 Å². The van der Waals surface area contributed by atoms with E-state index in [1.54, 1.807) is 25.1 Å². The fourth-order valence-electron chi connectivity index (χ4n) is 2.62. The van der Waals surface area contributed by atoms with Crippen molar-refractivity contribution in [1.29, 1.82) is 0 Å². The summed E-state index contributed by atoms with van der Waals surface area (Å²) in [6.45, 7) is 5.65.